The van der Waals surface area contributed by atoms with Crippen molar-refractivity contribution in [3.8, 4) is 5.75 Å². The molecule has 0 atom stereocenters. The van der Waals surface area contributed by atoms with Crippen LogP contribution in [0.3, 0.4) is 0 Å². The highest BCUT2D eigenvalue weighted by Crippen LogP contribution is 2.27. The Kier molecular flexibility index (Phi) is 10.1. The van der Waals surface area contributed by atoms with Gasteiger partial charge in [-0.3, -0.25) is 4.79 Å². The minimum Gasteiger partial charge on any atom is -0.490 e. The predicted molar refractivity (Wildman–Crippen MR) is 136 cm³/mol. The number of carbonyl (C=O) groups is 1. The van der Waals surface area contributed by atoms with Gasteiger partial charge < -0.3 is 20.3 Å². The zero-order valence-corrected chi connectivity index (χ0v) is 20.9. The molecular weight excluding hydrogens is 503 g/mol. The number of rotatable bonds is 8. The lowest BCUT2D eigenvalue weighted by Crippen LogP contribution is -2.37. The maximum absolute atomic E-state index is 12.0. The van der Waals surface area contributed by atoms with Gasteiger partial charge in [-0.1, -0.05) is 30.3 Å². The summed E-state index contributed by atoms with van der Waals surface area (Å²) in [6.07, 6.45) is 3.90. The zero-order valence-electron chi connectivity index (χ0n) is 18.6. The molecule has 0 heterocycles. The summed E-state index contributed by atoms with van der Waals surface area (Å²) in [5.41, 5.74) is 2.86. The fraction of sp³-hybridized carbons (Fsp3) is 0.417. The average molecular weight is 536 g/mol. The van der Waals surface area contributed by atoms with Crippen LogP contribution in [0.1, 0.15) is 47.7 Å². The van der Waals surface area contributed by atoms with Gasteiger partial charge in [0.05, 0.1) is 12.6 Å². The first-order valence-corrected chi connectivity index (χ1v) is 10.6. The summed E-state index contributed by atoms with van der Waals surface area (Å²) >= 11 is 0. The summed E-state index contributed by atoms with van der Waals surface area (Å²) in [7, 11) is 3.51. The molecule has 0 bridgehead atoms. The molecule has 6 nitrogen and oxygen atoms in total. The number of guanidine groups is 1. The topological polar surface area (TPSA) is 66.0 Å². The molecule has 1 aliphatic carbocycles. The van der Waals surface area contributed by atoms with Gasteiger partial charge in [-0.2, -0.15) is 0 Å². The molecular formula is C24H33IN4O2. The smallest absolute Gasteiger partial charge is 0.253 e. The number of nitrogens with zero attached hydrogens (tertiary/aromatic N) is 2. The van der Waals surface area contributed by atoms with E-state index in [1.165, 1.54) is 6.42 Å². The van der Waals surface area contributed by atoms with Crippen molar-refractivity contribution in [3.63, 3.8) is 0 Å². The highest BCUT2D eigenvalue weighted by Gasteiger charge is 2.20. The quantitative estimate of drug-likeness (QED) is 0.302. The number of hydrogen-bond donors (Lipinski definition) is 2. The normalized spacial score (nSPS) is 13.6. The number of para-hydroxylation sites is 1. The van der Waals surface area contributed by atoms with E-state index in [-0.39, 0.29) is 29.9 Å². The molecule has 0 aliphatic heterocycles. The lowest BCUT2D eigenvalue weighted by Gasteiger charge is -2.27. The van der Waals surface area contributed by atoms with Crippen LogP contribution in [0.5, 0.6) is 5.75 Å². The van der Waals surface area contributed by atoms with Crippen LogP contribution in [0.4, 0.5) is 0 Å². The third kappa shape index (κ3) is 7.41. The van der Waals surface area contributed by atoms with Gasteiger partial charge in [-0.05, 0) is 49.9 Å². The molecule has 1 aliphatic rings. The molecule has 2 aromatic carbocycles. The summed E-state index contributed by atoms with van der Waals surface area (Å²) in [5, 5.41) is 6.69. The fourth-order valence-corrected chi connectivity index (χ4v) is 3.14. The second-order valence-corrected chi connectivity index (χ2v) is 7.72. The van der Waals surface area contributed by atoms with Crippen molar-refractivity contribution in [2.75, 3.05) is 20.6 Å². The van der Waals surface area contributed by atoms with Gasteiger partial charge in [-0.15, -0.1) is 24.0 Å². The Morgan fingerprint density at radius 1 is 1.10 bits per heavy atom. The molecule has 7 heteroatoms. The number of carbonyl (C=O) groups excluding carboxylic acids is 1. The van der Waals surface area contributed by atoms with E-state index in [2.05, 4.69) is 21.7 Å². The number of amides is 1. The summed E-state index contributed by atoms with van der Waals surface area (Å²) < 4.78 is 6.12. The van der Waals surface area contributed by atoms with Gasteiger partial charge in [0.2, 0.25) is 0 Å². The summed E-state index contributed by atoms with van der Waals surface area (Å²) in [5.74, 6) is 1.71. The Labute approximate surface area is 202 Å². The molecule has 1 saturated carbocycles. The first-order valence-electron chi connectivity index (χ1n) is 10.6. The van der Waals surface area contributed by atoms with E-state index >= 15 is 0 Å². The van der Waals surface area contributed by atoms with Gasteiger partial charge in [0.1, 0.15) is 5.75 Å². The zero-order chi connectivity index (χ0) is 21.3. The van der Waals surface area contributed by atoms with E-state index in [4.69, 9.17) is 4.74 Å². The van der Waals surface area contributed by atoms with E-state index in [9.17, 15) is 4.79 Å². The molecule has 0 spiro atoms. The van der Waals surface area contributed by atoms with Crippen LogP contribution >= 0.6 is 24.0 Å². The van der Waals surface area contributed by atoms with Crippen molar-refractivity contribution in [2.24, 2.45) is 4.99 Å². The van der Waals surface area contributed by atoms with Crippen LogP contribution in [0, 0.1) is 0 Å². The molecule has 0 aromatic heterocycles. The van der Waals surface area contributed by atoms with Crippen LogP contribution in [0.2, 0.25) is 0 Å². The highest BCUT2D eigenvalue weighted by molar-refractivity contribution is 14.0. The van der Waals surface area contributed by atoms with E-state index in [1.54, 1.807) is 19.0 Å². The number of halogens is 1. The maximum Gasteiger partial charge on any atom is 0.253 e. The summed E-state index contributed by atoms with van der Waals surface area (Å²) in [6.45, 7) is 4.01. The molecule has 3 rings (SSSR count). The number of nitrogens with one attached hydrogen (secondary N) is 2. The lowest BCUT2D eigenvalue weighted by atomic mass is 9.96. The molecule has 168 valence electrons. The molecule has 0 saturated heterocycles. The fourth-order valence-electron chi connectivity index (χ4n) is 3.14. The van der Waals surface area contributed by atoms with E-state index < -0.39 is 0 Å². The van der Waals surface area contributed by atoms with Gasteiger partial charge >= 0.3 is 0 Å². The first-order chi connectivity index (χ1) is 14.6. The van der Waals surface area contributed by atoms with Crippen molar-refractivity contribution in [1.82, 2.24) is 15.5 Å². The van der Waals surface area contributed by atoms with Crippen LogP contribution in [0.15, 0.2) is 53.5 Å². The van der Waals surface area contributed by atoms with Crippen molar-refractivity contribution in [1.29, 1.82) is 0 Å². The number of aliphatic imine (C=N–C) groups is 1. The number of benzene rings is 2. The van der Waals surface area contributed by atoms with Gasteiger partial charge in [-0.25, -0.2) is 4.99 Å². The number of hydrogen-bond acceptors (Lipinski definition) is 3. The second-order valence-electron chi connectivity index (χ2n) is 7.72. The first kappa shape index (κ1) is 25.0. The standard InChI is InChI=1S/C24H32N4O2.HI/c1-4-25-24(26-16-18-12-14-19(15-13-18)23(29)28(2)3)27-17-20-8-5-6-11-22(20)30-21-9-7-10-21;/h5-6,8,11-15,21H,4,7,9-10,16-17H2,1-3H3,(H2,25,26,27);1H. The van der Waals surface area contributed by atoms with Crippen molar-refractivity contribution < 1.29 is 9.53 Å². The van der Waals surface area contributed by atoms with Gasteiger partial charge in [0.25, 0.3) is 5.91 Å². The molecule has 2 N–H and O–H groups in total. The second kappa shape index (κ2) is 12.5. The Balaban J connectivity index is 0.00000341. The number of ether oxygens (including phenoxy) is 1. The van der Waals surface area contributed by atoms with Crippen molar-refractivity contribution in [3.05, 3.63) is 65.2 Å². The Hall–Kier alpha value is -2.29. The van der Waals surface area contributed by atoms with Crippen molar-refractivity contribution in [2.45, 2.75) is 45.4 Å². The Bertz CT molecular complexity index is 864. The van der Waals surface area contributed by atoms with Gasteiger partial charge in [0, 0.05) is 38.3 Å². The average Bonchev–Trinajstić information content (AvgIpc) is 2.73. The van der Waals surface area contributed by atoms with Crippen LogP contribution < -0.4 is 15.4 Å². The third-order valence-electron chi connectivity index (χ3n) is 5.14. The highest BCUT2D eigenvalue weighted by atomic mass is 127. The van der Waals surface area contributed by atoms with E-state index in [0.29, 0.717) is 24.8 Å². The third-order valence-corrected chi connectivity index (χ3v) is 5.14. The Morgan fingerprint density at radius 3 is 2.42 bits per heavy atom. The molecule has 2 aromatic rings. The molecule has 1 amide bonds. The molecule has 31 heavy (non-hydrogen) atoms. The van der Waals surface area contributed by atoms with E-state index in [1.807, 2.05) is 49.4 Å². The molecule has 1 fully saturated rings. The summed E-state index contributed by atoms with van der Waals surface area (Å²) in [4.78, 5) is 18.3. The van der Waals surface area contributed by atoms with Crippen LogP contribution in [-0.2, 0) is 13.1 Å². The maximum atomic E-state index is 12.0. The van der Waals surface area contributed by atoms with Gasteiger partial charge in [0.15, 0.2) is 5.96 Å². The Morgan fingerprint density at radius 2 is 1.81 bits per heavy atom. The minimum atomic E-state index is 0. The lowest BCUT2D eigenvalue weighted by molar-refractivity contribution is 0.0827. The SMILES string of the molecule is CCNC(=NCc1ccc(C(=O)N(C)C)cc1)NCc1ccccc1OC1CCC1.I. The summed E-state index contributed by atoms with van der Waals surface area (Å²) in [6, 6.07) is 15.8. The van der Waals surface area contributed by atoms with E-state index in [0.717, 1.165) is 42.2 Å². The van der Waals surface area contributed by atoms with Crippen LogP contribution in [-0.4, -0.2) is 43.5 Å². The largest absolute Gasteiger partial charge is 0.490 e. The monoisotopic (exact) mass is 536 g/mol. The van der Waals surface area contributed by atoms with Crippen LogP contribution in [0.25, 0.3) is 0 Å². The minimum absolute atomic E-state index is 0. The predicted octanol–water partition coefficient (Wildman–Crippen LogP) is 4.19. The molecule has 0 unspecified atom stereocenters. The van der Waals surface area contributed by atoms with Crippen molar-refractivity contribution >= 4 is 35.8 Å². The molecule has 0 radical (unpaired) electrons.